The van der Waals surface area contributed by atoms with E-state index in [-0.39, 0.29) is 30.9 Å². The molecule has 0 spiro atoms. The van der Waals surface area contributed by atoms with Crippen molar-refractivity contribution in [2.75, 3.05) is 18.4 Å². The Labute approximate surface area is 163 Å². The lowest BCUT2D eigenvalue weighted by atomic mass is 10.1. The van der Waals surface area contributed by atoms with E-state index in [1.54, 1.807) is 24.3 Å². The Bertz CT molecular complexity index is 797. The van der Waals surface area contributed by atoms with Crippen LogP contribution in [0.3, 0.4) is 0 Å². The normalized spacial score (nSPS) is 17.2. The van der Waals surface area contributed by atoms with E-state index in [1.165, 1.54) is 4.90 Å². The summed E-state index contributed by atoms with van der Waals surface area (Å²) in [5, 5.41) is 2.40. The standard InChI is InChI=1S/C18H18F2N4O2.C2H6/c1-11-2-4-12(5-3-11)17(26)24(9-13-6-15(13)20)10-16(25)23-18-21-7-14(19)8-22-18;1-2/h2-5,7-8,13,15H,6,9-10H2,1H3,(H,21,22,23,25);1-2H3. The summed E-state index contributed by atoms with van der Waals surface area (Å²) in [7, 11) is 0. The Kier molecular flexibility index (Phi) is 7.54. The summed E-state index contributed by atoms with van der Waals surface area (Å²) in [6.45, 7) is 5.79. The SMILES string of the molecule is CC.Cc1ccc(C(=O)N(CC(=O)Nc2ncc(F)cn2)CC2CC2F)cc1. The number of aryl methyl sites for hydroxylation is 1. The lowest BCUT2D eigenvalue weighted by molar-refractivity contribution is -0.117. The number of aromatic nitrogens is 2. The molecule has 8 heteroatoms. The zero-order valence-electron chi connectivity index (χ0n) is 16.2. The molecule has 1 aromatic heterocycles. The first-order chi connectivity index (χ1) is 13.4. The number of rotatable bonds is 6. The number of nitrogens with zero attached hydrogens (tertiary/aromatic N) is 3. The predicted molar refractivity (Wildman–Crippen MR) is 102 cm³/mol. The molecule has 28 heavy (non-hydrogen) atoms. The van der Waals surface area contributed by atoms with E-state index in [9.17, 15) is 18.4 Å². The van der Waals surface area contributed by atoms with E-state index in [1.807, 2.05) is 20.8 Å². The minimum Gasteiger partial charge on any atom is -0.329 e. The molecule has 2 unspecified atom stereocenters. The number of alkyl halides is 1. The zero-order valence-corrected chi connectivity index (χ0v) is 16.2. The molecule has 1 aromatic carbocycles. The van der Waals surface area contributed by atoms with E-state index in [0.717, 1.165) is 18.0 Å². The van der Waals surface area contributed by atoms with Gasteiger partial charge < -0.3 is 4.90 Å². The largest absolute Gasteiger partial charge is 0.329 e. The molecule has 1 fully saturated rings. The van der Waals surface area contributed by atoms with Crippen LogP contribution in [0.1, 0.15) is 36.2 Å². The highest BCUT2D eigenvalue weighted by molar-refractivity contribution is 5.98. The molecule has 1 N–H and O–H groups in total. The van der Waals surface area contributed by atoms with Gasteiger partial charge in [-0.3, -0.25) is 14.9 Å². The van der Waals surface area contributed by atoms with Crippen molar-refractivity contribution < 1.29 is 18.4 Å². The number of halogens is 2. The van der Waals surface area contributed by atoms with Crippen LogP contribution >= 0.6 is 0 Å². The van der Waals surface area contributed by atoms with Crippen LogP contribution in [0.5, 0.6) is 0 Å². The van der Waals surface area contributed by atoms with Crippen molar-refractivity contribution in [3.63, 3.8) is 0 Å². The Morgan fingerprint density at radius 2 is 1.75 bits per heavy atom. The van der Waals surface area contributed by atoms with Gasteiger partial charge in [-0.2, -0.15) is 0 Å². The molecule has 0 radical (unpaired) electrons. The van der Waals surface area contributed by atoms with Gasteiger partial charge in [0.1, 0.15) is 12.7 Å². The molecule has 2 atom stereocenters. The monoisotopic (exact) mass is 390 g/mol. The summed E-state index contributed by atoms with van der Waals surface area (Å²) in [6.07, 6.45) is 1.30. The van der Waals surface area contributed by atoms with Crippen LogP contribution in [0, 0.1) is 18.7 Å². The maximum atomic E-state index is 13.3. The molecule has 1 aliphatic rings. The number of carbonyl (C=O) groups is 2. The second kappa shape index (κ2) is 9.87. The molecule has 6 nitrogen and oxygen atoms in total. The van der Waals surface area contributed by atoms with Crippen LogP contribution in [0.25, 0.3) is 0 Å². The van der Waals surface area contributed by atoms with Crippen molar-refractivity contribution in [2.24, 2.45) is 5.92 Å². The van der Waals surface area contributed by atoms with Gasteiger partial charge in [-0.15, -0.1) is 0 Å². The van der Waals surface area contributed by atoms with Crippen molar-refractivity contribution in [1.82, 2.24) is 14.9 Å². The summed E-state index contributed by atoms with van der Waals surface area (Å²) in [4.78, 5) is 33.5. The lowest BCUT2D eigenvalue weighted by Gasteiger charge is -2.22. The Hall–Kier alpha value is -2.90. The highest BCUT2D eigenvalue weighted by atomic mass is 19.1. The van der Waals surface area contributed by atoms with Gasteiger partial charge in [-0.25, -0.2) is 18.7 Å². The maximum absolute atomic E-state index is 13.3. The highest BCUT2D eigenvalue weighted by Gasteiger charge is 2.40. The quantitative estimate of drug-likeness (QED) is 0.820. The molecule has 0 bridgehead atoms. The first kappa shape index (κ1) is 21.4. The average Bonchev–Trinajstić information content (AvgIpc) is 3.39. The van der Waals surface area contributed by atoms with Crippen LogP contribution in [0.15, 0.2) is 36.7 Å². The van der Waals surface area contributed by atoms with E-state index in [4.69, 9.17) is 0 Å². The second-order valence-corrected chi connectivity index (χ2v) is 6.34. The van der Waals surface area contributed by atoms with Crippen molar-refractivity contribution in [3.8, 4) is 0 Å². The molecule has 2 aromatic rings. The van der Waals surface area contributed by atoms with Crippen LogP contribution in [-0.4, -0.2) is 45.9 Å². The van der Waals surface area contributed by atoms with Crippen LogP contribution in [0.4, 0.5) is 14.7 Å². The summed E-state index contributed by atoms with van der Waals surface area (Å²) in [5.74, 6) is -1.82. The number of carbonyl (C=O) groups excluding carboxylic acids is 2. The molecular weight excluding hydrogens is 366 g/mol. The van der Waals surface area contributed by atoms with Crippen LogP contribution < -0.4 is 5.32 Å². The van der Waals surface area contributed by atoms with Gasteiger partial charge in [0.15, 0.2) is 5.82 Å². The molecule has 0 saturated heterocycles. The first-order valence-corrected chi connectivity index (χ1v) is 9.20. The number of hydrogen-bond acceptors (Lipinski definition) is 4. The van der Waals surface area contributed by atoms with Gasteiger partial charge in [0.25, 0.3) is 5.91 Å². The van der Waals surface area contributed by atoms with Crippen LogP contribution in [-0.2, 0) is 4.79 Å². The number of benzene rings is 1. The first-order valence-electron chi connectivity index (χ1n) is 9.20. The number of amides is 2. The van der Waals surface area contributed by atoms with Crippen LogP contribution in [0.2, 0.25) is 0 Å². The van der Waals surface area contributed by atoms with Gasteiger partial charge in [-0.1, -0.05) is 31.5 Å². The van der Waals surface area contributed by atoms with Crippen molar-refractivity contribution >= 4 is 17.8 Å². The van der Waals surface area contributed by atoms with E-state index in [0.29, 0.717) is 12.0 Å². The summed E-state index contributed by atoms with van der Waals surface area (Å²) >= 11 is 0. The average molecular weight is 390 g/mol. The molecule has 1 aliphatic carbocycles. The van der Waals surface area contributed by atoms with E-state index < -0.39 is 17.9 Å². The fourth-order valence-corrected chi connectivity index (χ4v) is 2.50. The Balaban J connectivity index is 0.00000136. The zero-order chi connectivity index (χ0) is 20.7. The molecule has 3 rings (SSSR count). The lowest BCUT2D eigenvalue weighted by Crippen LogP contribution is -2.39. The fraction of sp³-hybridized carbons (Fsp3) is 0.400. The summed E-state index contributed by atoms with van der Waals surface area (Å²) < 4.78 is 26.1. The Morgan fingerprint density at radius 1 is 1.18 bits per heavy atom. The molecule has 150 valence electrons. The molecule has 1 saturated carbocycles. The topological polar surface area (TPSA) is 75.2 Å². The van der Waals surface area contributed by atoms with Crippen molar-refractivity contribution in [3.05, 3.63) is 53.6 Å². The molecule has 0 aliphatic heterocycles. The number of nitrogens with one attached hydrogen (secondary N) is 1. The fourth-order valence-electron chi connectivity index (χ4n) is 2.50. The molecular formula is C20H24F2N4O2. The van der Waals surface area contributed by atoms with Gasteiger partial charge in [0, 0.05) is 18.0 Å². The van der Waals surface area contributed by atoms with Crippen molar-refractivity contribution in [2.45, 2.75) is 33.4 Å². The third-order valence-electron chi connectivity index (χ3n) is 4.08. The Morgan fingerprint density at radius 3 is 2.29 bits per heavy atom. The third kappa shape index (κ3) is 6.07. The smallest absolute Gasteiger partial charge is 0.254 e. The highest BCUT2D eigenvalue weighted by Crippen LogP contribution is 2.34. The third-order valence-corrected chi connectivity index (χ3v) is 4.08. The second-order valence-electron chi connectivity index (χ2n) is 6.34. The maximum Gasteiger partial charge on any atom is 0.254 e. The van der Waals surface area contributed by atoms with Gasteiger partial charge in [-0.05, 0) is 25.5 Å². The van der Waals surface area contributed by atoms with Crippen molar-refractivity contribution in [1.29, 1.82) is 0 Å². The molecule has 1 heterocycles. The van der Waals surface area contributed by atoms with E-state index >= 15 is 0 Å². The number of anilines is 1. The minimum absolute atomic E-state index is 0.0612. The molecule has 2 amide bonds. The van der Waals surface area contributed by atoms with E-state index in [2.05, 4.69) is 15.3 Å². The number of hydrogen-bond donors (Lipinski definition) is 1. The summed E-state index contributed by atoms with van der Waals surface area (Å²) in [5.41, 5.74) is 1.43. The van der Waals surface area contributed by atoms with Gasteiger partial charge in [0.2, 0.25) is 11.9 Å². The van der Waals surface area contributed by atoms with Gasteiger partial charge >= 0.3 is 0 Å². The minimum atomic E-state index is -0.938. The van der Waals surface area contributed by atoms with Gasteiger partial charge in [0.05, 0.1) is 12.4 Å². The predicted octanol–water partition coefficient (Wildman–Crippen LogP) is 3.39. The summed E-state index contributed by atoms with van der Waals surface area (Å²) in [6, 6.07) is 6.94.